The Labute approximate surface area is 146 Å². The van der Waals surface area contributed by atoms with E-state index in [0.29, 0.717) is 12.8 Å². The number of carbonyl (C=O) groups is 1. The van der Waals surface area contributed by atoms with Gasteiger partial charge in [-0.3, -0.25) is 4.79 Å². The van der Waals surface area contributed by atoms with Crippen molar-refractivity contribution in [2.45, 2.75) is 31.7 Å². The second kappa shape index (κ2) is 6.31. The minimum absolute atomic E-state index is 0.0596. The van der Waals surface area contributed by atoms with Crippen LogP contribution in [0.3, 0.4) is 0 Å². The SMILES string of the molecule is Cn1cnnc1CCC(=O)N1CCC[C@@H]1c1nc2ccccc2n1C. The summed E-state index contributed by atoms with van der Waals surface area (Å²) in [5.74, 6) is 1.98. The lowest BCUT2D eigenvalue weighted by Gasteiger charge is -2.24. The average molecular weight is 338 g/mol. The standard InChI is InChI=1S/C18H22N6O/c1-22-12-19-21-16(22)9-10-17(25)24-11-5-8-15(24)18-20-13-6-3-4-7-14(13)23(18)2/h3-4,6-7,12,15H,5,8-11H2,1-2H3/t15-/m1/s1. The molecule has 3 aromatic rings. The summed E-state index contributed by atoms with van der Waals surface area (Å²) in [5, 5.41) is 7.93. The smallest absolute Gasteiger partial charge is 0.223 e. The lowest BCUT2D eigenvalue weighted by atomic mass is 10.2. The molecule has 0 radical (unpaired) electrons. The van der Waals surface area contributed by atoms with Crippen molar-refractivity contribution >= 4 is 16.9 Å². The van der Waals surface area contributed by atoms with Crippen LogP contribution in [0.4, 0.5) is 0 Å². The monoisotopic (exact) mass is 338 g/mol. The highest BCUT2D eigenvalue weighted by Crippen LogP contribution is 2.33. The Morgan fingerprint density at radius 2 is 2.12 bits per heavy atom. The van der Waals surface area contributed by atoms with Gasteiger partial charge in [0, 0.05) is 33.5 Å². The summed E-state index contributed by atoms with van der Waals surface area (Å²) in [4.78, 5) is 19.6. The zero-order chi connectivity index (χ0) is 17.4. The van der Waals surface area contributed by atoms with Gasteiger partial charge in [-0.25, -0.2) is 4.98 Å². The fourth-order valence-corrected chi connectivity index (χ4v) is 3.69. The Kier molecular flexibility index (Phi) is 3.99. The quantitative estimate of drug-likeness (QED) is 0.730. The van der Waals surface area contributed by atoms with Crippen molar-refractivity contribution in [3.63, 3.8) is 0 Å². The third-order valence-corrected chi connectivity index (χ3v) is 5.06. The van der Waals surface area contributed by atoms with Crippen molar-refractivity contribution in [1.29, 1.82) is 0 Å². The molecule has 1 atom stereocenters. The third-order valence-electron chi connectivity index (χ3n) is 5.06. The maximum Gasteiger partial charge on any atom is 0.223 e. The van der Waals surface area contributed by atoms with E-state index in [1.165, 1.54) is 0 Å². The number of hydrogen-bond acceptors (Lipinski definition) is 4. The van der Waals surface area contributed by atoms with Gasteiger partial charge in [0.15, 0.2) is 0 Å². The summed E-state index contributed by atoms with van der Waals surface area (Å²) in [6.07, 6.45) is 4.71. The normalized spacial score (nSPS) is 17.5. The number of fused-ring (bicyclic) bond motifs is 1. The van der Waals surface area contributed by atoms with Gasteiger partial charge in [-0.2, -0.15) is 0 Å². The molecule has 1 fully saturated rings. The molecule has 0 bridgehead atoms. The Hall–Kier alpha value is -2.70. The molecule has 25 heavy (non-hydrogen) atoms. The molecular formula is C18H22N6O. The molecule has 1 aliphatic heterocycles. The van der Waals surface area contributed by atoms with Crippen LogP contribution < -0.4 is 0 Å². The zero-order valence-corrected chi connectivity index (χ0v) is 14.6. The first kappa shape index (κ1) is 15.8. The largest absolute Gasteiger partial charge is 0.332 e. The molecule has 3 heterocycles. The molecule has 0 aliphatic carbocycles. The van der Waals surface area contributed by atoms with Crippen LogP contribution in [-0.4, -0.2) is 41.7 Å². The van der Waals surface area contributed by atoms with E-state index >= 15 is 0 Å². The molecule has 1 aliphatic rings. The van der Waals surface area contributed by atoms with Crippen LogP contribution in [0, 0.1) is 0 Å². The van der Waals surface area contributed by atoms with E-state index in [4.69, 9.17) is 4.98 Å². The van der Waals surface area contributed by atoms with E-state index < -0.39 is 0 Å². The molecule has 0 spiro atoms. The summed E-state index contributed by atoms with van der Waals surface area (Å²) < 4.78 is 3.98. The fourth-order valence-electron chi connectivity index (χ4n) is 3.69. The molecule has 1 amide bonds. The maximum atomic E-state index is 12.8. The number of imidazole rings is 1. The number of carbonyl (C=O) groups excluding carboxylic acids is 1. The fraction of sp³-hybridized carbons (Fsp3) is 0.444. The number of rotatable bonds is 4. The number of likely N-dealkylation sites (tertiary alicyclic amines) is 1. The lowest BCUT2D eigenvalue weighted by molar-refractivity contribution is -0.132. The summed E-state index contributed by atoms with van der Waals surface area (Å²) in [5.41, 5.74) is 2.09. The summed E-state index contributed by atoms with van der Waals surface area (Å²) in [6, 6.07) is 8.17. The predicted octanol–water partition coefficient (Wildman–Crippen LogP) is 2.00. The summed E-state index contributed by atoms with van der Waals surface area (Å²) in [6.45, 7) is 0.797. The highest BCUT2D eigenvalue weighted by Gasteiger charge is 2.33. The first-order valence-corrected chi connectivity index (χ1v) is 8.69. The van der Waals surface area contributed by atoms with E-state index in [9.17, 15) is 4.79 Å². The van der Waals surface area contributed by atoms with Crippen molar-refractivity contribution < 1.29 is 4.79 Å². The van der Waals surface area contributed by atoms with Crippen LogP contribution in [0.5, 0.6) is 0 Å². The molecule has 130 valence electrons. The lowest BCUT2D eigenvalue weighted by Crippen LogP contribution is -2.32. The van der Waals surface area contributed by atoms with Gasteiger partial charge in [0.25, 0.3) is 0 Å². The highest BCUT2D eigenvalue weighted by molar-refractivity contribution is 5.78. The number of hydrogen-bond donors (Lipinski definition) is 0. The maximum absolute atomic E-state index is 12.8. The van der Waals surface area contributed by atoms with Gasteiger partial charge < -0.3 is 14.0 Å². The molecule has 7 nitrogen and oxygen atoms in total. The number of nitrogens with zero attached hydrogens (tertiary/aromatic N) is 6. The van der Waals surface area contributed by atoms with Gasteiger partial charge in [0.2, 0.25) is 5.91 Å². The number of amides is 1. The number of benzene rings is 1. The van der Waals surface area contributed by atoms with Gasteiger partial charge in [0.1, 0.15) is 18.0 Å². The topological polar surface area (TPSA) is 68.8 Å². The first-order valence-electron chi connectivity index (χ1n) is 8.69. The molecule has 2 aromatic heterocycles. The minimum atomic E-state index is 0.0596. The van der Waals surface area contributed by atoms with E-state index in [1.54, 1.807) is 6.33 Å². The van der Waals surface area contributed by atoms with E-state index in [0.717, 1.165) is 42.1 Å². The number of para-hydroxylation sites is 2. The Balaban J connectivity index is 1.54. The van der Waals surface area contributed by atoms with Crippen LogP contribution in [0.2, 0.25) is 0 Å². The van der Waals surface area contributed by atoms with E-state index in [1.807, 2.05) is 41.8 Å². The number of aryl methyl sites for hydroxylation is 3. The summed E-state index contributed by atoms with van der Waals surface area (Å²) >= 11 is 0. The van der Waals surface area contributed by atoms with Crippen LogP contribution in [0.25, 0.3) is 11.0 Å². The third kappa shape index (κ3) is 2.79. The molecule has 1 saturated heterocycles. The van der Waals surface area contributed by atoms with Gasteiger partial charge in [-0.1, -0.05) is 12.1 Å². The van der Waals surface area contributed by atoms with Crippen molar-refractivity contribution in [3.05, 3.63) is 42.2 Å². The van der Waals surface area contributed by atoms with Gasteiger partial charge in [-0.15, -0.1) is 10.2 Å². The zero-order valence-electron chi connectivity index (χ0n) is 14.6. The van der Waals surface area contributed by atoms with Crippen LogP contribution >= 0.6 is 0 Å². The van der Waals surface area contributed by atoms with Gasteiger partial charge in [-0.05, 0) is 25.0 Å². The Morgan fingerprint density at radius 3 is 2.88 bits per heavy atom. The Bertz CT molecular complexity index is 911. The molecule has 0 N–H and O–H groups in total. The number of aromatic nitrogens is 5. The second-order valence-corrected chi connectivity index (χ2v) is 6.62. The van der Waals surface area contributed by atoms with Gasteiger partial charge in [0.05, 0.1) is 17.1 Å². The summed E-state index contributed by atoms with van der Waals surface area (Å²) in [7, 11) is 3.93. The minimum Gasteiger partial charge on any atom is -0.332 e. The molecule has 1 aromatic carbocycles. The van der Waals surface area contributed by atoms with Crippen LogP contribution in [0.15, 0.2) is 30.6 Å². The molecule has 0 saturated carbocycles. The van der Waals surface area contributed by atoms with Crippen LogP contribution in [0.1, 0.15) is 37.0 Å². The van der Waals surface area contributed by atoms with Crippen LogP contribution in [-0.2, 0) is 25.3 Å². The molecule has 7 heteroatoms. The molecule has 4 rings (SSSR count). The van der Waals surface area contributed by atoms with Crippen molar-refractivity contribution in [1.82, 2.24) is 29.2 Å². The van der Waals surface area contributed by atoms with E-state index in [-0.39, 0.29) is 11.9 Å². The average Bonchev–Trinajstić information content (AvgIpc) is 3.32. The van der Waals surface area contributed by atoms with Gasteiger partial charge >= 0.3 is 0 Å². The predicted molar refractivity (Wildman–Crippen MR) is 93.7 cm³/mol. The van der Waals surface area contributed by atoms with E-state index in [2.05, 4.69) is 20.8 Å². The first-order chi connectivity index (χ1) is 12.1. The molecule has 0 unspecified atom stereocenters. The van der Waals surface area contributed by atoms with Crippen molar-refractivity contribution in [2.75, 3.05) is 6.54 Å². The molecular weight excluding hydrogens is 316 g/mol. The highest BCUT2D eigenvalue weighted by atomic mass is 16.2. The van der Waals surface area contributed by atoms with Crippen molar-refractivity contribution in [3.8, 4) is 0 Å². The second-order valence-electron chi connectivity index (χ2n) is 6.62. The Morgan fingerprint density at radius 1 is 1.28 bits per heavy atom. The van der Waals surface area contributed by atoms with Crippen molar-refractivity contribution in [2.24, 2.45) is 14.1 Å².